The molecule has 0 fully saturated rings. The van der Waals surface area contributed by atoms with Crippen LogP contribution in [0.1, 0.15) is 24.1 Å². The van der Waals surface area contributed by atoms with E-state index in [1.54, 1.807) is 25.1 Å². The van der Waals surface area contributed by atoms with Gasteiger partial charge in [0.05, 0.1) is 6.61 Å². The molecule has 0 aliphatic carbocycles. The molecule has 0 amide bonds. The molecule has 1 unspecified atom stereocenters. The van der Waals surface area contributed by atoms with Gasteiger partial charge in [0.25, 0.3) is 0 Å². The van der Waals surface area contributed by atoms with Gasteiger partial charge < -0.3 is 15.9 Å². The van der Waals surface area contributed by atoms with Crippen LogP contribution in [0.4, 0.5) is 0 Å². The van der Waals surface area contributed by atoms with Crippen molar-refractivity contribution in [2.24, 2.45) is 5.73 Å². The average molecular weight is 167 g/mol. The lowest BCUT2D eigenvalue weighted by molar-refractivity contribution is 0.275. The third kappa shape index (κ3) is 1.57. The van der Waals surface area contributed by atoms with Gasteiger partial charge in [-0.25, -0.2) is 0 Å². The summed E-state index contributed by atoms with van der Waals surface area (Å²) in [6.07, 6.45) is 0. The molecule has 0 heterocycles. The van der Waals surface area contributed by atoms with E-state index in [1.807, 2.05) is 0 Å². The first-order valence-corrected chi connectivity index (χ1v) is 3.84. The van der Waals surface area contributed by atoms with E-state index in [0.29, 0.717) is 11.1 Å². The molecule has 0 saturated carbocycles. The molecule has 12 heavy (non-hydrogen) atoms. The molecular weight excluding hydrogens is 154 g/mol. The van der Waals surface area contributed by atoms with Gasteiger partial charge in [-0.15, -0.1) is 0 Å². The van der Waals surface area contributed by atoms with Crippen molar-refractivity contribution in [1.82, 2.24) is 0 Å². The molecule has 0 saturated heterocycles. The van der Waals surface area contributed by atoms with Gasteiger partial charge in [-0.1, -0.05) is 18.2 Å². The SMILES string of the molecule is CC(N)c1cccc(CO)c1O. The van der Waals surface area contributed by atoms with Crippen LogP contribution in [0.2, 0.25) is 0 Å². The molecule has 1 rings (SSSR count). The van der Waals surface area contributed by atoms with E-state index in [-0.39, 0.29) is 18.4 Å². The number of rotatable bonds is 2. The third-order valence-corrected chi connectivity index (χ3v) is 1.81. The van der Waals surface area contributed by atoms with Crippen molar-refractivity contribution in [3.8, 4) is 5.75 Å². The molecule has 1 atom stereocenters. The number of hydrogen-bond acceptors (Lipinski definition) is 3. The summed E-state index contributed by atoms with van der Waals surface area (Å²) < 4.78 is 0. The maximum atomic E-state index is 9.52. The van der Waals surface area contributed by atoms with E-state index in [2.05, 4.69) is 0 Å². The summed E-state index contributed by atoms with van der Waals surface area (Å²) in [7, 11) is 0. The first-order valence-electron chi connectivity index (χ1n) is 3.84. The van der Waals surface area contributed by atoms with E-state index in [1.165, 1.54) is 0 Å². The monoisotopic (exact) mass is 167 g/mol. The minimum atomic E-state index is -0.212. The Balaban J connectivity index is 3.14. The van der Waals surface area contributed by atoms with E-state index < -0.39 is 0 Å². The Morgan fingerprint density at radius 1 is 1.50 bits per heavy atom. The van der Waals surface area contributed by atoms with Crippen molar-refractivity contribution in [2.45, 2.75) is 19.6 Å². The molecule has 0 bridgehead atoms. The zero-order valence-electron chi connectivity index (χ0n) is 6.99. The van der Waals surface area contributed by atoms with Crippen molar-refractivity contribution in [2.75, 3.05) is 0 Å². The smallest absolute Gasteiger partial charge is 0.125 e. The lowest BCUT2D eigenvalue weighted by Crippen LogP contribution is -2.05. The molecule has 0 aliphatic heterocycles. The molecule has 0 radical (unpaired) electrons. The molecule has 1 aromatic rings. The predicted octanol–water partition coefficient (Wildman–Crippen LogP) is 0.904. The molecule has 66 valence electrons. The minimum Gasteiger partial charge on any atom is -0.507 e. The van der Waals surface area contributed by atoms with Gasteiger partial charge in [-0.2, -0.15) is 0 Å². The summed E-state index contributed by atoms with van der Waals surface area (Å²) in [6, 6.07) is 4.97. The molecule has 0 aromatic heterocycles. The highest BCUT2D eigenvalue weighted by atomic mass is 16.3. The standard InChI is InChI=1S/C9H13NO2/c1-6(10)8-4-2-3-7(5-11)9(8)12/h2-4,6,11-12H,5,10H2,1H3. The fourth-order valence-electron chi connectivity index (χ4n) is 1.11. The van der Waals surface area contributed by atoms with Gasteiger partial charge >= 0.3 is 0 Å². The second kappa shape index (κ2) is 3.56. The Morgan fingerprint density at radius 3 is 2.67 bits per heavy atom. The summed E-state index contributed by atoms with van der Waals surface area (Å²) >= 11 is 0. The number of benzene rings is 1. The minimum absolute atomic E-state index is 0.106. The van der Waals surface area contributed by atoms with Crippen LogP contribution in [-0.4, -0.2) is 10.2 Å². The van der Waals surface area contributed by atoms with Crippen LogP contribution in [0, 0.1) is 0 Å². The topological polar surface area (TPSA) is 66.5 Å². The maximum absolute atomic E-state index is 9.52. The van der Waals surface area contributed by atoms with Gasteiger partial charge in [0, 0.05) is 17.2 Å². The van der Waals surface area contributed by atoms with E-state index in [0.717, 1.165) is 0 Å². The molecule has 1 aromatic carbocycles. The maximum Gasteiger partial charge on any atom is 0.125 e. The first kappa shape index (κ1) is 9.03. The molecular formula is C9H13NO2. The third-order valence-electron chi connectivity index (χ3n) is 1.81. The second-order valence-corrected chi connectivity index (χ2v) is 2.80. The molecule has 4 N–H and O–H groups in total. The summed E-state index contributed by atoms with van der Waals surface area (Å²) in [5.41, 5.74) is 6.78. The van der Waals surface area contributed by atoms with E-state index in [9.17, 15) is 5.11 Å². The van der Waals surface area contributed by atoms with Crippen LogP contribution >= 0.6 is 0 Å². The highest BCUT2D eigenvalue weighted by Crippen LogP contribution is 2.26. The number of aliphatic hydroxyl groups is 1. The predicted molar refractivity (Wildman–Crippen MR) is 46.6 cm³/mol. The summed E-state index contributed by atoms with van der Waals surface area (Å²) in [5.74, 6) is 0.106. The quantitative estimate of drug-likeness (QED) is 0.613. The van der Waals surface area contributed by atoms with Gasteiger partial charge in [0.15, 0.2) is 0 Å². The highest BCUT2D eigenvalue weighted by Gasteiger charge is 2.08. The Hall–Kier alpha value is -1.06. The first-order chi connectivity index (χ1) is 5.66. The Bertz CT molecular complexity index is 271. The van der Waals surface area contributed by atoms with Crippen LogP contribution < -0.4 is 5.73 Å². The highest BCUT2D eigenvalue weighted by molar-refractivity contribution is 5.41. The van der Waals surface area contributed by atoms with Crippen LogP contribution in [0.15, 0.2) is 18.2 Å². The van der Waals surface area contributed by atoms with Gasteiger partial charge in [0.1, 0.15) is 5.75 Å². The fraction of sp³-hybridized carbons (Fsp3) is 0.333. The summed E-state index contributed by atoms with van der Waals surface area (Å²) in [4.78, 5) is 0. The van der Waals surface area contributed by atoms with Crippen molar-refractivity contribution >= 4 is 0 Å². The van der Waals surface area contributed by atoms with Crippen molar-refractivity contribution < 1.29 is 10.2 Å². The fourth-order valence-corrected chi connectivity index (χ4v) is 1.11. The van der Waals surface area contributed by atoms with Gasteiger partial charge in [0.2, 0.25) is 0 Å². The number of phenols is 1. The second-order valence-electron chi connectivity index (χ2n) is 2.80. The lowest BCUT2D eigenvalue weighted by atomic mass is 10.0. The van der Waals surface area contributed by atoms with E-state index in [4.69, 9.17) is 10.8 Å². The average Bonchev–Trinajstić information content (AvgIpc) is 2.04. The van der Waals surface area contributed by atoms with Crippen molar-refractivity contribution in [3.05, 3.63) is 29.3 Å². The zero-order chi connectivity index (χ0) is 9.14. The summed E-state index contributed by atoms with van der Waals surface area (Å²) in [6.45, 7) is 1.63. The van der Waals surface area contributed by atoms with Crippen LogP contribution in [0.5, 0.6) is 5.75 Å². The number of hydrogen-bond donors (Lipinski definition) is 3. The Morgan fingerprint density at radius 2 is 2.17 bits per heavy atom. The van der Waals surface area contributed by atoms with Gasteiger partial charge in [-0.05, 0) is 6.92 Å². The zero-order valence-corrected chi connectivity index (χ0v) is 6.99. The van der Waals surface area contributed by atoms with Crippen LogP contribution in [0.3, 0.4) is 0 Å². The van der Waals surface area contributed by atoms with E-state index >= 15 is 0 Å². The summed E-state index contributed by atoms with van der Waals surface area (Å²) in [5, 5.41) is 18.3. The lowest BCUT2D eigenvalue weighted by Gasteiger charge is -2.10. The van der Waals surface area contributed by atoms with Crippen molar-refractivity contribution in [1.29, 1.82) is 0 Å². The number of para-hydroxylation sites is 1. The largest absolute Gasteiger partial charge is 0.507 e. The number of nitrogens with two attached hydrogens (primary N) is 1. The molecule has 0 aliphatic rings. The molecule has 0 spiro atoms. The normalized spacial score (nSPS) is 12.9. The number of aliphatic hydroxyl groups excluding tert-OH is 1. The van der Waals surface area contributed by atoms with Crippen molar-refractivity contribution in [3.63, 3.8) is 0 Å². The van der Waals surface area contributed by atoms with Crippen LogP contribution in [0.25, 0.3) is 0 Å². The van der Waals surface area contributed by atoms with Crippen LogP contribution in [-0.2, 0) is 6.61 Å². The van der Waals surface area contributed by atoms with Gasteiger partial charge in [-0.3, -0.25) is 0 Å². The Labute approximate surface area is 71.5 Å². The number of aromatic hydroxyl groups is 1. The molecule has 3 nitrogen and oxygen atoms in total. The molecule has 3 heteroatoms. The Kier molecular flexibility index (Phi) is 2.68.